The number of carbonyl (C=O) groups is 1. The number of hydrogen-bond donors (Lipinski definition) is 2. The minimum Gasteiger partial charge on any atom is -0.457 e. The zero-order chi connectivity index (χ0) is 20.1. The summed E-state index contributed by atoms with van der Waals surface area (Å²) >= 11 is 0. The molecule has 0 fully saturated rings. The van der Waals surface area contributed by atoms with Gasteiger partial charge in [0, 0.05) is 11.9 Å². The molecule has 3 rings (SSSR count). The highest BCUT2D eigenvalue weighted by molar-refractivity contribution is 7.89. The van der Waals surface area contributed by atoms with E-state index >= 15 is 0 Å². The number of nitrogens with zero attached hydrogens (tertiary/aromatic N) is 2. The van der Waals surface area contributed by atoms with Crippen molar-refractivity contribution in [2.75, 3.05) is 12.3 Å². The normalized spacial score (nSPS) is 11.0. The maximum Gasteiger partial charge on any atom is 0.269 e. The second-order valence-corrected chi connectivity index (χ2v) is 7.65. The molecule has 1 aromatic heterocycles. The second-order valence-electron chi connectivity index (χ2n) is 5.91. The molecule has 3 N–H and O–H groups in total. The average molecular weight is 396 g/mol. The van der Waals surface area contributed by atoms with Gasteiger partial charge >= 0.3 is 0 Å². The molecule has 142 valence electrons. The van der Waals surface area contributed by atoms with Crippen LogP contribution in [0.2, 0.25) is 0 Å². The lowest BCUT2D eigenvalue weighted by Gasteiger charge is -2.08. The molecule has 0 atom stereocenters. The molecule has 0 aliphatic heterocycles. The number of hydrogen-bond acceptors (Lipinski definition) is 6. The molecule has 0 radical (unpaired) electrons. The number of sulfonamides is 1. The molecule has 1 heterocycles. The number of pyridine rings is 1. The number of carbonyl (C=O) groups excluding carboxylic acids is 1. The molecule has 9 heteroatoms. The van der Waals surface area contributed by atoms with Crippen molar-refractivity contribution in [2.24, 2.45) is 5.14 Å². The summed E-state index contributed by atoms with van der Waals surface area (Å²) in [6.07, 6.45) is 0. The Morgan fingerprint density at radius 3 is 2.50 bits per heavy atom. The Kier molecular flexibility index (Phi) is 5.54. The number of nitrogens with one attached hydrogen (secondary N) is 1. The van der Waals surface area contributed by atoms with E-state index in [0.29, 0.717) is 22.6 Å². The zero-order valence-corrected chi connectivity index (χ0v) is 15.4. The van der Waals surface area contributed by atoms with Crippen molar-refractivity contribution in [1.29, 1.82) is 5.26 Å². The molecule has 2 aromatic carbocycles. The number of rotatable bonds is 6. The SMILES string of the molecule is N#Cc1ccc(Oc2ccc3nc(C(=O)NCCS(N)(=O)=O)ccc3c2)cc1. The van der Waals surface area contributed by atoms with Gasteiger partial charge in [-0.15, -0.1) is 0 Å². The van der Waals surface area contributed by atoms with Crippen molar-refractivity contribution in [3.8, 4) is 17.6 Å². The van der Waals surface area contributed by atoms with Crippen LogP contribution in [0.3, 0.4) is 0 Å². The maximum atomic E-state index is 12.1. The predicted octanol–water partition coefficient (Wildman–Crippen LogP) is 1.92. The molecule has 28 heavy (non-hydrogen) atoms. The van der Waals surface area contributed by atoms with Crippen LogP contribution in [0.1, 0.15) is 16.1 Å². The van der Waals surface area contributed by atoms with Gasteiger partial charge in [0.2, 0.25) is 10.0 Å². The van der Waals surface area contributed by atoms with Crippen molar-refractivity contribution in [2.45, 2.75) is 0 Å². The first kappa shape index (κ1) is 19.3. The molecular formula is C19H16N4O4S. The lowest BCUT2D eigenvalue weighted by atomic mass is 10.2. The third-order valence-electron chi connectivity index (χ3n) is 3.78. The smallest absolute Gasteiger partial charge is 0.269 e. The highest BCUT2D eigenvalue weighted by atomic mass is 32.2. The Morgan fingerprint density at radius 1 is 1.11 bits per heavy atom. The van der Waals surface area contributed by atoms with Crippen LogP contribution in [0.5, 0.6) is 11.5 Å². The van der Waals surface area contributed by atoms with Gasteiger partial charge in [0.05, 0.1) is 22.9 Å². The summed E-state index contributed by atoms with van der Waals surface area (Å²) in [5.41, 5.74) is 1.30. The monoisotopic (exact) mass is 396 g/mol. The molecular weight excluding hydrogens is 380 g/mol. The van der Waals surface area contributed by atoms with E-state index in [2.05, 4.69) is 10.3 Å². The predicted molar refractivity (Wildman–Crippen MR) is 103 cm³/mol. The number of nitriles is 1. The Hall–Kier alpha value is -3.48. The summed E-state index contributed by atoms with van der Waals surface area (Å²) in [7, 11) is -3.64. The van der Waals surface area contributed by atoms with Crippen LogP contribution in [-0.4, -0.2) is 31.6 Å². The van der Waals surface area contributed by atoms with E-state index < -0.39 is 15.9 Å². The van der Waals surface area contributed by atoms with Gasteiger partial charge in [-0.3, -0.25) is 4.79 Å². The molecule has 0 aliphatic carbocycles. The Bertz CT molecular complexity index is 1170. The maximum absolute atomic E-state index is 12.1. The summed E-state index contributed by atoms with van der Waals surface area (Å²) in [6.45, 7) is -0.0885. The number of primary sulfonamides is 1. The van der Waals surface area contributed by atoms with Crippen molar-refractivity contribution in [3.05, 3.63) is 65.9 Å². The fraction of sp³-hybridized carbons (Fsp3) is 0.105. The van der Waals surface area contributed by atoms with Crippen LogP contribution in [0, 0.1) is 11.3 Å². The van der Waals surface area contributed by atoms with Gasteiger partial charge in [-0.2, -0.15) is 5.26 Å². The van der Waals surface area contributed by atoms with E-state index in [-0.39, 0.29) is 18.0 Å². The van der Waals surface area contributed by atoms with Crippen molar-refractivity contribution in [3.63, 3.8) is 0 Å². The van der Waals surface area contributed by atoms with Gasteiger partial charge in [-0.25, -0.2) is 18.5 Å². The van der Waals surface area contributed by atoms with E-state index in [1.165, 1.54) is 0 Å². The van der Waals surface area contributed by atoms with Gasteiger partial charge in [-0.05, 0) is 48.5 Å². The van der Waals surface area contributed by atoms with E-state index in [1.54, 1.807) is 54.6 Å². The molecule has 1 amide bonds. The second kappa shape index (κ2) is 8.04. The highest BCUT2D eigenvalue weighted by Gasteiger charge is 2.10. The highest BCUT2D eigenvalue weighted by Crippen LogP contribution is 2.25. The number of fused-ring (bicyclic) bond motifs is 1. The molecule has 0 bridgehead atoms. The summed E-state index contributed by atoms with van der Waals surface area (Å²) in [5, 5.41) is 17.0. The number of nitrogens with two attached hydrogens (primary N) is 1. The average Bonchev–Trinajstić information content (AvgIpc) is 2.67. The fourth-order valence-electron chi connectivity index (χ4n) is 2.42. The van der Waals surface area contributed by atoms with E-state index in [0.717, 1.165) is 5.39 Å². The number of amides is 1. The largest absolute Gasteiger partial charge is 0.457 e. The Morgan fingerprint density at radius 2 is 1.82 bits per heavy atom. The van der Waals surface area contributed by atoms with Crippen molar-refractivity contribution < 1.29 is 17.9 Å². The fourth-order valence-corrected chi connectivity index (χ4v) is 2.81. The van der Waals surface area contributed by atoms with Crippen LogP contribution < -0.4 is 15.2 Å². The van der Waals surface area contributed by atoms with Crippen molar-refractivity contribution in [1.82, 2.24) is 10.3 Å². The molecule has 0 saturated heterocycles. The van der Waals surface area contributed by atoms with E-state index in [1.807, 2.05) is 6.07 Å². The van der Waals surface area contributed by atoms with Gasteiger partial charge in [0.25, 0.3) is 5.91 Å². The Balaban J connectivity index is 1.72. The summed E-state index contributed by atoms with van der Waals surface area (Å²) in [6, 6.07) is 17.3. The van der Waals surface area contributed by atoms with Gasteiger partial charge in [-0.1, -0.05) is 6.07 Å². The van der Waals surface area contributed by atoms with Crippen LogP contribution in [0.15, 0.2) is 54.6 Å². The molecule has 0 unspecified atom stereocenters. The third kappa shape index (κ3) is 5.03. The summed E-state index contributed by atoms with van der Waals surface area (Å²) < 4.78 is 27.6. The quantitative estimate of drug-likeness (QED) is 0.653. The molecule has 8 nitrogen and oxygen atoms in total. The molecule has 0 saturated carbocycles. The van der Waals surface area contributed by atoms with Gasteiger partial charge in [0.1, 0.15) is 17.2 Å². The van der Waals surface area contributed by atoms with Gasteiger partial charge < -0.3 is 10.1 Å². The van der Waals surface area contributed by atoms with Crippen LogP contribution in [0.25, 0.3) is 10.9 Å². The first-order chi connectivity index (χ1) is 13.3. The minimum atomic E-state index is -3.64. The molecule has 0 aliphatic rings. The summed E-state index contributed by atoms with van der Waals surface area (Å²) in [5.74, 6) is 0.354. The summed E-state index contributed by atoms with van der Waals surface area (Å²) in [4.78, 5) is 16.4. The number of aromatic nitrogens is 1. The van der Waals surface area contributed by atoms with Crippen LogP contribution in [0.4, 0.5) is 0 Å². The van der Waals surface area contributed by atoms with Crippen LogP contribution in [-0.2, 0) is 10.0 Å². The Labute approximate surface area is 161 Å². The lowest BCUT2D eigenvalue weighted by Crippen LogP contribution is -2.31. The van der Waals surface area contributed by atoms with E-state index in [9.17, 15) is 13.2 Å². The first-order valence-corrected chi connectivity index (χ1v) is 9.93. The zero-order valence-electron chi connectivity index (χ0n) is 14.6. The number of benzene rings is 2. The number of ether oxygens (including phenoxy) is 1. The third-order valence-corrected chi connectivity index (χ3v) is 4.56. The van der Waals surface area contributed by atoms with Gasteiger partial charge in [0.15, 0.2) is 0 Å². The first-order valence-electron chi connectivity index (χ1n) is 8.21. The standard InChI is InChI=1S/C19H16N4O4S/c20-12-13-1-4-15(5-2-13)27-16-6-8-17-14(11-16)3-7-18(23-17)19(24)22-9-10-28(21,25)26/h1-8,11H,9-10H2,(H,22,24)(H2,21,25,26). The minimum absolute atomic E-state index is 0.0885. The van der Waals surface area contributed by atoms with Crippen molar-refractivity contribution >= 4 is 26.8 Å². The molecule has 3 aromatic rings. The topological polar surface area (TPSA) is 135 Å². The molecule has 0 spiro atoms. The van der Waals surface area contributed by atoms with E-state index in [4.69, 9.17) is 15.1 Å². The lowest BCUT2D eigenvalue weighted by molar-refractivity contribution is 0.0951. The van der Waals surface area contributed by atoms with Crippen LogP contribution >= 0.6 is 0 Å².